The zero-order valence-electron chi connectivity index (χ0n) is 11.2. The fraction of sp³-hybridized carbons (Fsp3) is 0.923. The van der Waals surface area contributed by atoms with E-state index in [2.05, 4.69) is 10.6 Å². The Kier molecular flexibility index (Phi) is 6.60. The Morgan fingerprint density at radius 1 is 1.28 bits per heavy atom. The smallest absolute Gasteiger partial charge is 0.234 e. The van der Waals surface area contributed by atoms with Crippen molar-refractivity contribution in [1.29, 1.82) is 0 Å². The van der Waals surface area contributed by atoms with Crippen LogP contribution >= 0.6 is 0 Å². The highest BCUT2D eigenvalue weighted by Crippen LogP contribution is 2.16. The molecule has 0 bridgehead atoms. The quantitative estimate of drug-likeness (QED) is 0.512. The lowest BCUT2D eigenvalue weighted by Gasteiger charge is -2.21. The topological polar surface area (TPSA) is 81.6 Å². The Morgan fingerprint density at radius 2 is 1.89 bits per heavy atom. The number of rotatable bonds is 6. The monoisotopic (exact) mass is 258 g/mol. The fourth-order valence-electron chi connectivity index (χ4n) is 2.20. The van der Waals surface area contributed by atoms with Crippen LogP contribution in [0.2, 0.25) is 0 Å². The van der Waals surface area contributed by atoms with Crippen molar-refractivity contribution in [2.24, 2.45) is 0 Å². The van der Waals surface area contributed by atoms with Crippen molar-refractivity contribution in [3.63, 3.8) is 0 Å². The third-order valence-electron chi connectivity index (χ3n) is 3.35. The average Bonchev–Trinajstić information content (AvgIpc) is 2.57. The van der Waals surface area contributed by atoms with E-state index in [-0.39, 0.29) is 25.6 Å². The van der Waals surface area contributed by atoms with Gasteiger partial charge < -0.3 is 20.8 Å². The molecule has 0 aromatic heterocycles. The van der Waals surface area contributed by atoms with Crippen LogP contribution in [0.1, 0.15) is 45.4 Å². The zero-order chi connectivity index (χ0) is 13.4. The second kappa shape index (κ2) is 7.71. The third kappa shape index (κ3) is 6.33. The molecule has 0 spiro atoms. The molecular weight excluding hydrogens is 232 g/mol. The van der Waals surface area contributed by atoms with Crippen molar-refractivity contribution in [3.05, 3.63) is 0 Å². The van der Waals surface area contributed by atoms with Gasteiger partial charge in [-0.15, -0.1) is 0 Å². The Hall–Kier alpha value is -0.650. The summed E-state index contributed by atoms with van der Waals surface area (Å²) < 4.78 is 0. The first-order valence-electron chi connectivity index (χ1n) is 6.87. The van der Waals surface area contributed by atoms with Gasteiger partial charge in [0.05, 0.1) is 18.8 Å². The van der Waals surface area contributed by atoms with E-state index < -0.39 is 5.60 Å². The second-order valence-corrected chi connectivity index (χ2v) is 5.51. The van der Waals surface area contributed by atoms with Crippen molar-refractivity contribution in [2.75, 3.05) is 19.7 Å². The summed E-state index contributed by atoms with van der Waals surface area (Å²) in [5.74, 6) is -0.0318. The molecule has 1 amide bonds. The summed E-state index contributed by atoms with van der Waals surface area (Å²) in [6, 6.07) is 0.306. The van der Waals surface area contributed by atoms with Crippen molar-refractivity contribution in [2.45, 2.75) is 57.1 Å². The predicted molar refractivity (Wildman–Crippen MR) is 70.2 cm³/mol. The number of carbonyl (C=O) groups is 1. The molecule has 5 heteroatoms. The molecule has 1 aliphatic rings. The normalized spacial score (nSPS) is 21.1. The van der Waals surface area contributed by atoms with E-state index in [9.17, 15) is 9.90 Å². The highest BCUT2D eigenvalue weighted by Gasteiger charge is 2.19. The van der Waals surface area contributed by atoms with Crippen molar-refractivity contribution in [3.8, 4) is 0 Å². The van der Waals surface area contributed by atoms with Crippen molar-refractivity contribution in [1.82, 2.24) is 10.6 Å². The maximum Gasteiger partial charge on any atom is 0.234 e. The summed E-state index contributed by atoms with van der Waals surface area (Å²) in [6.07, 6.45) is 7.06. The summed E-state index contributed by atoms with van der Waals surface area (Å²) in [6.45, 7) is 1.61. The lowest BCUT2D eigenvalue weighted by molar-refractivity contribution is -0.121. The van der Waals surface area contributed by atoms with Gasteiger partial charge in [0, 0.05) is 12.6 Å². The van der Waals surface area contributed by atoms with Gasteiger partial charge in [-0.25, -0.2) is 0 Å². The summed E-state index contributed by atoms with van der Waals surface area (Å²) in [7, 11) is 0. The zero-order valence-corrected chi connectivity index (χ0v) is 11.2. The molecule has 1 fully saturated rings. The van der Waals surface area contributed by atoms with Crippen LogP contribution in [-0.2, 0) is 4.79 Å². The molecule has 1 unspecified atom stereocenters. The second-order valence-electron chi connectivity index (χ2n) is 5.51. The lowest BCUT2D eigenvalue weighted by Crippen LogP contribution is -2.46. The maximum atomic E-state index is 11.7. The third-order valence-corrected chi connectivity index (χ3v) is 3.35. The summed E-state index contributed by atoms with van der Waals surface area (Å²) in [5, 5.41) is 24.3. The Bertz CT molecular complexity index is 249. The first-order chi connectivity index (χ1) is 8.53. The molecule has 1 atom stereocenters. The van der Waals surface area contributed by atoms with Crippen LogP contribution in [0.4, 0.5) is 0 Å². The molecule has 0 aromatic rings. The predicted octanol–water partition coefficient (Wildman–Crippen LogP) is 0.158. The molecule has 0 aromatic carbocycles. The minimum Gasteiger partial charge on any atom is -0.393 e. The van der Waals surface area contributed by atoms with E-state index in [1.165, 1.54) is 32.6 Å². The molecular formula is C13H26N2O3. The van der Waals surface area contributed by atoms with Gasteiger partial charge in [0.1, 0.15) is 0 Å². The van der Waals surface area contributed by atoms with Crippen LogP contribution in [0.5, 0.6) is 0 Å². The fourth-order valence-corrected chi connectivity index (χ4v) is 2.20. The SMILES string of the molecule is CC(O)(CO)CNCC(=O)NC1CCCCCC1. The first-order valence-corrected chi connectivity index (χ1v) is 6.87. The van der Waals surface area contributed by atoms with E-state index in [1.54, 1.807) is 0 Å². The minimum absolute atomic E-state index is 0.0318. The molecule has 1 saturated carbocycles. The van der Waals surface area contributed by atoms with Gasteiger partial charge in [-0.2, -0.15) is 0 Å². The van der Waals surface area contributed by atoms with Gasteiger partial charge in [0.2, 0.25) is 5.91 Å². The van der Waals surface area contributed by atoms with Crippen molar-refractivity contribution >= 4 is 5.91 Å². The molecule has 0 saturated heterocycles. The first kappa shape index (κ1) is 15.4. The molecule has 0 aliphatic heterocycles. The van der Waals surface area contributed by atoms with Gasteiger partial charge in [-0.3, -0.25) is 4.79 Å². The molecule has 0 radical (unpaired) electrons. The van der Waals surface area contributed by atoms with Crippen LogP contribution in [0.25, 0.3) is 0 Å². The van der Waals surface area contributed by atoms with Gasteiger partial charge in [0.25, 0.3) is 0 Å². The number of carbonyl (C=O) groups excluding carboxylic acids is 1. The number of nitrogens with one attached hydrogen (secondary N) is 2. The molecule has 1 aliphatic carbocycles. The van der Waals surface area contributed by atoms with Gasteiger partial charge in [0.15, 0.2) is 0 Å². The van der Waals surface area contributed by atoms with Crippen LogP contribution < -0.4 is 10.6 Å². The summed E-state index contributed by atoms with van der Waals surface area (Å²) in [4.78, 5) is 11.7. The highest BCUT2D eigenvalue weighted by molar-refractivity contribution is 5.78. The Labute approximate surface area is 109 Å². The molecule has 5 nitrogen and oxygen atoms in total. The lowest BCUT2D eigenvalue weighted by atomic mass is 10.1. The number of amides is 1. The number of aliphatic hydroxyl groups excluding tert-OH is 1. The standard InChI is InChI=1S/C13H26N2O3/c1-13(18,10-16)9-14-8-12(17)15-11-6-4-2-3-5-7-11/h11,14,16,18H,2-10H2,1H3,(H,15,17). The van der Waals surface area contributed by atoms with Crippen LogP contribution in [0.3, 0.4) is 0 Å². The van der Waals surface area contributed by atoms with E-state index in [0.29, 0.717) is 6.04 Å². The molecule has 106 valence electrons. The maximum absolute atomic E-state index is 11.7. The van der Waals surface area contributed by atoms with Gasteiger partial charge >= 0.3 is 0 Å². The van der Waals surface area contributed by atoms with Crippen LogP contribution in [0, 0.1) is 0 Å². The van der Waals surface area contributed by atoms with Gasteiger partial charge in [-0.1, -0.05) is 25.7 Å². The number of aliphatic hydroxyl groups is 2. The van der Waals surface area contributed by atoms with E-state index in [1.807, 2.05) is 0 Å². The highest BCUT2D eigenvalue weighted by atomic mass is 16.3. The average molecular weight is 258 g/mol. The number of hydrogen-bond acceptors (Lipinski definition) is 4. The van der Waals surface area contributed by atoms with E-state index in [0.717, 1.165) is 12.8 Å². The van der Waals surface area contributed by atoms with Crippen LogP contribution in [-0.4, -0.2) is 47.5 Å². The summed E-state index contributed by atoms with van der Waals surface area (Å²) in [5.41, 5.74) is -1.16. The molecule has 4 N–H and O–H groups in total. The number of hydrogen-bond donors (Lipinski definition) is 4. The Morgan fingerprint density at radius 3 is 2.44 bits per heavy atom. The van der Waals surface area contributed by atoms with Gasteiger partial charge in [-0.05, 0) is 19.8 Å². The molecule has 18 heavy (non-hydrogen) atoms. The van der Waals surface area contributed by atoms with E-state index >= 15 is 0 Å². The molecule has 1 rings (SSSR count). The minimum atomic E-state index is -1.16. The van der Waals surface area contributed by atoms with Crippen LogP contribution in [0.15, 0.2) is 0 Å². The van der Waals surface area contributed by atoms with E-state index in [4.69, 9.17) is 5.11 Å². The molecule has 0 heterocycles. The largest absolute Gasteiger partial charge is 0.393 e. The Balaban J connectivity index is 2.16. The summed E-state index contributed by atoms with van der Waals surface area (Å²) >= 11 is 0. The van der Waals surface area contributed by atoms with Crippen molar-refractivity contribution < 1.29 is 15.0 Å².